The summed E-state index contributed by atoms with van der Waals surface area (Å²) in [5, 5.41) is 2.85. The van der Waals surface area contributed by atoms with Crippen molar-refractivity contribution >= 4 is 15.9 Å². The SMILES string of the molecule is CCOC(OCC)C(NC)c1c(F)ccc(Br)c1F. The molecule has 0 aromatic heterocycles. The number of rotatable bonds is 7. The molecular formula is C13H18BrF2NO2. The topological polar surface area (TPSA) is 30.5 Å². The van der Waals surface area contributed by atoms with Crippen LogP contribution in [-0.4, -0.2) is 26.6 Å². The van der Waals surface area contributed by atoms with Crippen molar-refractivity contribution in [2.24, 2.45) is 0 Å². The highest BCUT2D eigenvalue weighted by Crippen LogP contribution is 2.29. The Bertz CT molecular complexity index is 412. The van der Waals surface area contributed by atoms with E-state index >= 15 is 0 Å². The largest absolute Gasteiger partial charge is 0.351 e. The predicted molar refractivity (Wildman–Crippen MR) is 72.9 cm³/mol. The summed E-state index contributed by atoms with van der Waals surface area (Å²) in [5.74, 6) is -1.28. The zero-order valence-electron chi connectivity index (χ0n) is 11.2. The number of benzene rings is 1. The molecule has 108 valence electrons. The van der Waals surface area contributed by atoms with Crippen molar-refractivity contribution in [2.45, 2.75) is 26.2 Å². The lowest BCUT2D eigenvalue weighted by Gasteiger charge is -2.27. The molecule has 0 fully saturated rings. The van der Waals surface area contributed by atoms with Gasteiger partial charge in [-0.1, -0.05) is 0 Å². The maximum atomic E-state index is 14.1. The molecule has 1 aromatic carbocycles. The van der Waals surface area contributed by atoms with E-state index in [1.807, 2.05) is 0 Å². The van der Waals surface area contributed by atoms with Gasteiger partial charge in [-0.3, -0.25) is 0 Å². The summed E-state index contributed by atoms with van der Waals surface area (Å²) >= 11 is 3.05. The van der Waals surface area contributed by atoms with Crippen LogP contribution in [0.5, 0.6) is 0 Å². The third kappa shape index (κ3) is 3.95. The molecule has 1 rings (SSSR count). The van der Waals surface area contributed by atoms with Gasteiger partial charge in [-0.25, -0.2) is 8.78 Å². The zero-order chi connectivity index (χ0) is 14.4. The second-order valence-corrected chi connectivity index (χ2v) is 4.66. The molecule has 0 aliphatic heterocycles. The molecule has 1 N–H and O–H groups in total. The summed E-state index contributed by atoms with van der Waals surface area (Å²) in [6, 6.07) is 1.82. The molecule has 0 aliphatic rings. The Morgan fingerprint density at radius 2 is 1.79 bits per heavy atom. The Morgan fingerprint density at radius 3 is 2.26 bits per heavy atom. The third-order valence-corrected chi connectivity index (χ3v) is 3.25. The summed E-state index contributed by atoms with van der Waals surface area (Å²) in [7, 11) is 1.61. The second kappa shape index (κ2) is 7.89. The van der Waals surface area contributed by atoms with Crippen LogP contribution in [0.4, 0.5) is 8.78 Å². The van der Waals surface area contributed by atoms with Gasteiger partial charge in [0.1, 0.15) is 11.6 Å². The maximum Gasteiger partial charge on any atom is 0.177 e. The van der Waals surface area contributed by atoms with Crippen molar-refractivity contribution in [1.29, 1.82) is 0 Å². The summed E-state index contributed by atoms with van der Waals surface area (Å²) in [6.45, 7) is 4.37. The van der Waals surface area contributed by atoms with Crippen molar-refractivity contribution in [2.75, 3.05) is 20.3 Å². The highest BCUT2D eigenvalue weighted by atomic mass is 79.9. The van der Waals surface area contributed by atoms with Gasteiger partial charge in [0, 0.05) is 18.8 Å². The van der Waals surface area contributed by atoms with Crippen LogP contribution >= 0.6 is 15.9 Å². The van der Waals surface area contributed by atoms with Crippen LogP contribution in [0, 0.1) is 11.6 Å². The lowest BCUT2D eigenvalue weighted by Crippen LogP contribution is -2.35. The molecule has 0 spiro atoms. The average molecular weight is 338 g/mol. The molecule has 0 aliphatic carbocycles. The minimum absolute atomic E-state index is 0.0937. The van der Waals surface area contributed by atoms with E-state index in [0.717, 1.165) is 0 Å². The molecule has 0 heterocycles. The normalized spacial score (nSPS) is 13.0. The first kappa shape index (κ1) is 16.5. The van der Waals surface area contributed by atoms with Crippen LogP contribution < -0.4 is 5.32 Å². The fourth-order valence-electron chi connectivity index (χ4n) is 1.81. The first-order chi connectivity index (χ1) is 9.06. The van der Waals surface area contributed by atoms with Crippen LogP contribution in [0.3, 0.4) is 0 Å². The average Bonchev–Trinajstić information content (AvgIpc) is 2.39. The van der Waals surface area contributed by atoms with Gasteiger partial charge in [-0.2, -0.15) is 0 Å². The molecule has 0 radical (unpaired) electrons. The molecule has 0 saturated carbocycles. The lowest BCUT2D eigenvalue weighted by molar-refractivity contribution is -0.155. The van der Waals surface area contributed by atoms with Gasteiger partial charge in [0.2, 0.25) is 0 Å². The van der Waals surface area contributed by atoms with Crippen LogP contribution in [0.1, 0.15) is 25.5 Å². The van der Waals surface area contributed by atoms with E-state index in [2.05, 4.69) is 21.2 Å². The van der Waals surface area contributed by atoms with E-state index < -0.39 is 24.0 Å². The van der Waals surface area contributed by atoms with Gasteiger partial charge in [-0.05, 0) is 49.0 Å². The Kier molecular flexibility index (Phi) is 6.85. The van der Waals surface area contributed by atoms with Crippen molar-refractivity contribution in [3.05, 3.63) is 33.8 Å². The first-order valence-corrected chi connectivity index (χ1v) is 6.89. The fourth-order valence-corrected chi connectivity index (χ4v) is 2.16. The van der Waals surface area contributed by atoms with Crippen molar-refractivity contribution in [1.82, 2.24) is 5.32 Å². The van der Waals surface area contributed by atoms with Gasteiger partial charge < -0.3 is 14.8 Å². The van der Waals surface area contributed by atoms with Crippen molar-refractivity contribution in [3.8, 4) is 0 Å². The van der Waals surface area contributed by atoms with Gasteiger partial charge in [-0.15, -0.1) is 0 Å². The predicted octanol–water partition coefficient (Wildman–Crippen LogP) is 3.39. The summed E-state index contributed by atoms with van der Waals surface area (Å²) in [4.78, 5) is 0. The minimum Gasteiger partial charge on any atom is -0.351 e. The smallest absolute Gasteiger partial charge is 0.177 e. The van der Waals surface area contributed by atoms with Crippen LogP contribution in [0.2, 0.25) is 0 Å². The molecule has 0 amide bonds. The second-order valence-electron chi connectivity index (χ2n) is 3.80. The molecule has 1 unspecified atom stereocenters. The molecule has 3 nitrogen and oxygen atoms in total. The number of hydrogen-bond acceptors (Lipinski definition) is 3. The molecule has 0 bridgehead atoms. The molecule has 19 heavy (non-hydrogen) atoms. The van der Waals surface area contributed by atoms with Gasteiger partial charge in [0.15, 0.2) is 6.29 Å². The quantitative estimate of drug-likeness (QED) is 0.611. The van der Waals surface area contributed by atoms with E-state index in [4.69, 9.17) is 9.47 Å². The van der Waals surface area contributed by atoms with Gasteiger partial charge >= 0.3 is 0 Å². The van der Waals surface area contributed by atoms with E-state index in [9.17, 15) is 8.78 Å². The zero-order valence-corrected chi connectivity index (χ0v) is 12.8. The number of nitrogens with one attached hydrogen (secondary N) is 1. The Balaban J connectivity index is 3.17. The van der Waals surface area contributed by atoms with E-state index in [-0.39, 0.29) is 10.0 Å². The van der Waals surface area contributed by atoms with Gasteiger partial charge in [0.25, 0.3) is 0 Å². The van der Waals surface area contributed by atoms with Crippen LogP contribution in [0.15, 0.2) is 16.6 Å². The summed E-state index contributed by atoms with van der Waals surface area (Å²) < 4.78 is 39.0. The van der Waals surface area contributed by atoms with Crippen LogP contribution in [0.25, 0.3) is 0 Å². The number of ether oxygens (including phenoxy) is 2. The third-order valence-electron chi connectivity index (χ3n) is 2.64. The van der Waals surface area contributed by atoms with E-state index in [0.29, 0.717) is 13.2 Å². The monoisotopic (exact) mass is 337 g/mol. The van der Waals surface area contributed by atoms with Gasteiger partial charge in [0.05, 0.1) is 10.5 Å². The highest BCUT2D eigenvalue weighted by Gasteiger charge is 2.29. The molecule has 6 heteroatoms. The number of hydrogen-bond donors (Lipinski definition) is 1. The molecule has 1 aromatic rings. The highest BCUT2D eigenvalue weighted by molar-refractivity contribution is 9.10. The number of likely N-dealkylation sites (N-methyl/N-ethyl adjacent to an activating group) is 1. The summed E-state index contributed by atoms with van der Waals surface area (Å²) in [5.41, 5.74) is -0.0937. The standard InChI is InChI=1S/C13H18BrF2NO2/c1-4-18-13(19-5-2)12(17-3)10-9(15)7-6-8(14)11(10)16/h6-7,12-13,17H,4-5H2,1-3H3. The first-order valence-electron chi connectivity index (χ1n) is 6.10. The minimum atomic E-state index is -0.752. The molecular weight excluding hydrogens is 320 g/mol. The van der Waals surface area contributed by atoms with Crippen LogP contribution in [-0.2, 0) is 9.47 Å². The Morgan fingerprint density at radius 1 is 1.21 bits per heavy atom. The van der Waals surface area contributed by atoms with Crippen molar-refractivity contribution < 1.29 is 18.3 Å². The Labute approximate surface area is 120 Å². The van der Waals surface area contributed by atoms with Crippen molar-refractivity contribution in [3.63, 3.8) is 0 Å². The molecule has 1 atom stereocenters. The molecule has 0 saturated heterocycles. The Hall–Kier alpha value is -0.560. The lowest BCUT2D eigenvalue weighted by atomic mass is 10.0. The maximum absolute atomic E-state index is 14.1. The van der Waals surface area contributed by atoms with E-state index in [1.165, 1.54) is 12.1 Å². The summed E-state index contributed by atoms with van der Waals surface area (Å²) in [6.07, 6.45) is -0.752. The fraction of sp³-hybridized carbons (Fsp3) is 0.538. The number of halogens is 3. The van der Waals surface area contributed by atoms with E-state index in [1.54, 1.807) is 20.9 Å².